The first-order valence-corrected chi connectivity index (χ1v) is 7.13. The molecule has 1 fully saturated rings. The van der Waals surface area contributed by atoms with Crippen molar-refractivity contribution in [2.24, 2.45) is 5.92 Å². The maximum Gasteiger partial charge on any atom is 0.308 e. The Balaban J connectivity index is 2.36. The van der Waals surface area contributed by atoms with Gasteiger partial charge in [-0.1, -0.05) is 6.42 Å². The molecule has 1 saturated carbocycles. The largest absolute Gasteiger partial charge is 0.466 e. The lowest BCUT2D eigenvalue weighted by Crippen LogP contribution is -2.42. The van der Waals surface area contributed by atoms with Crippen LogP contribution in [0.2, 0.25) is 0 Å². The fourth-order valence-electron chi connectivity index (χ4n) is 2.80. The number of carbonyl (C=O) groups is 1. The average Bonchev–Trinajstić information content (AvgIpc) is 2.28. The molecule has 1 rings (SSSR count). The van der Waals surface area contributed by atoms with Crippen molar-refractivity contribution < 1.29 is 14.6 Å². The molecule has 0 heterocycles. The molecule has 2 N–H and O–H groups in total. The number of ether oxygens (including phenoxy) is 1. The summed E-state index contributed by atoms with van der Waals surface area (Å²) in [6.45, 7) is 6.20. The van der Waals surface area contributed by atoms with Crippen molar-refractivity contribution in [2.45, 2.75) is 71.1 Å². The quantitative estimate of drug-likeness (QED) is 0.713. The lowest BCUT2D eigenvalue weighted by Gasteiger charge is -2.31. The minimum Gasteiger partial charge on any atom is -0.466 e. The fraction of sp³-hybridized carbons (Fsp3) is 0.929. The second-order valence-electron chi connectivity index (χ2n) is 5.46. The van der Waals surface area contributed by atoms with Crippen molar-refractivity contribution in [1.29, 1.82) is 0 Å². The van der Waals surface area contributed by atoms with Crippen LogP contribution in [0.15, 0.2) is 0 Å². The summed E-state index contributed by atoms with van der Waals surface area (Å²) in [5.41, 5.74) is 0. The Labute approximate surface area is 110 Å². The van der Waals surface area contributed by atoms with E-state index in [-0.39, 0.29) is 24.0 Å². The molecular weight excluding hydrogens is 230 g/mol. The molecule has 1 aliphatic rings. The van der Waals surface area contributed by atoms with Crippen LogP contribution in [0.4, 0.5) is 0 Å². The van der Waals surface area contributed by atoms with E-state index in [1.54, 1.807) is 6.92 Å². The molecular formula is C14H27NO3. The monoisotopic (exact) mass is 257 g/mol. The van der Waals surface area contributed by atoms with Crippen LogP contribution in [0.1, 0.15) is 52.9 Å². The first-order chi connectivity index (χ1) is 8.52. The second kappa shape index (κ2) is 7.74. The zero-order chi connectivity index (χ0) is 13.5. The van der Waals surface area contributed by atoms with Gasteiger partial charge in [-0.05, 0) is 46.5 Å². The normalized spacial score (nSPS) is 27.6. The molecule has 0 aromatic rings. The van der Waals surface area contributed by atoms with Crippen LogP contribution in [0, 0.1) is 5.92 Å². The maximum atomic E-state index is 11.7. The smallest absolute Gasteiger partial charge is 0.308 e. The number of aliphatic hydroxyl groups excluding tert-OH is 1. The molecule has 4 heteroatoms. The molecule has 4 atom stereocenters. The Hall–Kier alpha value is -0.610. The Morgan fingerprint density at radius 3 is 2.78 bits per heavy atom. The molecule has 4 nitrogen and oxygen atoms in total. The molecule has 1 aliphatic carbocycles. The first kappa shape index (κ1) is 15.4. The van der Waals surface area contributed by atoms with E-state index < -0.39 is 0 Å². The number of hydrogen-bond acceptors (Lipinski definition) is 4. The van der Waals surface area contributed by atoms with Gasteiger partial charge in [-0.3, -0.25) is 4.79 Å². The third-order valence-corrected chi connectivity index (χ3v) is 3.51. The lowest BCUT2D eigenvalue weighted by atomic mass is 9.85. The third-order valence-electron chi connectivity index (χ3n) is 3.51. The Kier molecular flexibility index (Phi) is 6.65. The first-order valence-electron chi connectivity index (χ1n) is 7.13. The average molecular weight is 257 g/mol. The van der Waals surface area contributed by atoms with Crippen LogP contribution in [-0.2, 0) is 9.53 Å². The molecule has 0 aromatic carbocycles. The number of nitrogens with one attached hydrogen (secondary N) is 1. The zero-order valence-electron chi connectivity index (χ0n) is 11.8. The highest BCUT2D eigenvalue weighted by molar-refractivity contribution is 5.72. The molecule has 4 unspecified atom stereocenters. The van der Waals surface area contributed by atoms with Gasteiger partial charge in [0.1, 0.15) is 0 Å². The van der Waals surface area contributed by atoms with Gasteiger partial charge < -0.3 is 15.2 Å². The van der Waals surface area contributed by atoms with Crippen LogP contribution in [0.25, 0.3) is 0 Å². The van der Waals surface area contributed by atoms with E-state index in [0.717, 1.165) is 32.1 Å². The van der Waals surface area contributed by atoms with Crippen LogP contribution in [0.3, 0.4) is 0 Å². The maximum absolute atomic E-state index is 11.7. The van der Waals surface area contributed by atoms with Gasteiger partial charge in [-0.2, -0.15) is 0 Å². The van der Waals surface area contributed by atoms with Crippen LogP contribution in [-0.4, -0.2) is 35.9 Å². The van der Waals surface area contributed by atoms with Gasteiger partial charge >= 0.3 is 5.97 Å². The molecule has 0 radical (unpaired) electrons. The van der Waals surface area contributed by atoms with Gasteiger partial charge in [-0.25, -0.2) is 0 Å². The summed E-state index contributed by atoms with van der Waals surface area (Å²) in [5, 5.41) is 12.9. The molecule has 18 heavy (non-hydrogen) atoms. The summed E-state index contributed by atoms with van der Waals surface area (Å²) in [6, 6.07) is 0.665. The molecule has 0 aliphatic heterocycles. The summed E-state index contributed by atoms with van der Waals surface area (Å²) >= 11 is 0. The van der Waals surface area contributed by atoms with Crippen molar-refractivity contribution in [3.8, 4) is 0 Å². The van der Waals surface area contributed by atoms with Crippen molar-refractivity contribution in [2.75, 3.05) is 6.61 Å². The predicted molar refractivity (Wildman–Crippen MR) is 71.3 cm³/mol. The molecule has 0 amide bonds. The predicted octanol–water partition coefficient (Wildman–Crippen LogP) is 1.86. The molecule has 0 bridgehead atoms. The topological polar surface area (TPSA) is 58.6 Å². The minimum atomic E-state index is -0.281. The van der Waals surface area contributed by atoms with Crippen LogP contribution >= 0.6 is 0 Å². The van der Waals surface area contributed by atoms with E-state index >= 15 is 0 Å². The van der Waals surface area contributed by atoms with E-state index in [2.05, 4.69) is 12.2 Å². The lowest BCUT2D eigenvalue weighted by molar-refractivity contribution is -0.149. The fourth-order valence-corrected chi connectivity index (χ4v) is 2.80. The summed E-state index contributed by atoms with van der Waals surface area (Å²) < 4.78 is 5.09. The zero-order valence-corrected chi connectivity index (χ0v) is 11.8. The second-order valence-corrected chi connectivity index (χ2v) is 5.46. The van der Waals surface area contributed by atoms with Gasteiger partial charge in [0.05, 0.1) is 18.6 Å². The number of hydrogen-bond donors (Lipinski definition) is 2. The van der Waals surface area contributed by atoms with Gasteiger partial charge in [-0.15, -0.1) is 0 Å². The SMILES string of the molecule is CCOC(=O)C1CCCC(NC(C)CC(C)O)C1. The van der Waals surface area contributed by atoms with Crippen LogP contribution < -0.4 is 5.32 Å². The Bertz CT molecular complexity index is 255. The molecule has 106 valence electrons. The van der Waals surface area contributed by atoms with E-state index in [9.17, 15) is 9.90 Å². The number of carbonyl (C=O) groups excluding carboxylic acids is 1. The van der Waals surface area contributed by atoms with Crippen molar-refractivity contribution >= 4 is 5.97 Å². The molecule has 0 spiro atoms. The summed E-state index contributed by atoms with van der Waals surface area (Å²) in [4.78, 5) is 11.7. The van der Waals surface area contributed by atoms with E-state index in [4.69, 9.17) is 4.74 Å². The van der Waals surface area contributed by atoms with Gasteiger partial charge in [0, 0.05) is 12.1 Å². The Morgan fingerprint density at radius 1 is 1.44 bits per heavy atom. The number of esters is 1. The summed E-state index contributed by atoms with van der Waals surface area (Å²) in [7, 11) is 0. The van der Waals surface area contributed by atoms with Gasteiger partial charge in [0.25, 0.3) is 0 Å². The van der Waals surface area contributed by atoms with Gasteiger partial charge in [0.2, 0.25) is 0 Å². The summed E-state index contributed by atoms with van der Waals surface area (Å²) in [6.07, 6.45) is 4.46. The van der Waals surface area contributed by atoms with Crippen molar-refractivity contribution in [3.05, 3.63) is 0 Å². The van der Waals surface area contributed by atoms with E-state index in [1.165, 1.54) is 0 Å². The van der Waals surface area contributed by atoms with Gasteiger partial charge in [0.15, 0.2) is 0 Å². The molecule has 0 saturated heterocycles. The minimum absolute atomic E-state index is 0.0489. The standard InChI is InChI=1S/C14H27NO3/c1-4-18-14(17)12-6-5-7-13(9-12)15-10(2)8-11(3)16/h10-13,15-16H,4-9H2,1-3H3. The van der Waals surface area contributed by atoms with Crippen molar-refractivity contribution in [3.63, 3.8) is 0 Å². The summed E-state index contributed by atoms with van der Waals surface area (Å²) in [5.74, 6) is 0.00197. The Morgan fingerprint density at radius 2 is 2.17 bits per heavy atom. The molecule has 0 aromatic heterocycles. The van der Waals surface area contributed by atoms with E-state index in [1.807, 2.05) is 6.92 Å². The number of rotatable bonds is 6. The highest BCUT2D eigenvalue weighted by Gasteiger charge is 2.28. The number of aliphatic hydroxyl groups is 1. The van der Waals surface area contributed by atoms with Crippen LogP contribution in [0.5, 0.6) is 0 Å². The van der Waals surface area contributed by atoms with Crippen molar-refractivity contribution in [1.82, 2.24) is 5.32 Å². The van der Waals surface area contributed by atoms with E-state index in [0.29, 0.717) is 12.6 Å². The highest BCUT2D eigenvalue weighted by Crippen LogP contribution is 2.26. The third kappa shape index (κ3) is 5.36. The highest BCUT2D eigenvalue weighted by atomic mass is 16.5.